The van der Waals surface area contributed by atoms with Gasteiger partial charge in [-0.3, -0.25) is 4.79 Å². The van der Waals surface area contributed by atoms with Crippen molar-refractivity contribution in [2.45, 2.75) is 20.3 Å². The summed E-state index contributed by atoms with van der Waals surface area (Å²) in [6, 6.07) is 7.68. The summed E-state index contributed by atoms with van der Waals surface area (Å²) in [6.07, 6.45) is 7.66. The summed E-state index contributed by atoms with van der Waals surface area (Å²) in [5.41, 5.74) is 5.54. The largest absolute Gasteiger partial charge is 0.481 e. The van der Waals surface area contributed by atoms with Crippen LogP contribution in [0.2, 0.25) is 0 Å². The van der Waals surface area contributed by atoms with E-state index in [-0.39, 0.29) is 18.4 Å². The molecule has 1 N–H and O–H groups in total. The summed E-state index contributed by atoms with van der Waals surface area (Å²) >= 11 is 0. The van der Waals surface area contributed by atoms with Crippen molar-refractivity contribution in [2.75, 3.05) is 6.61 Å². The van der Waals surface area contributed by atoms with Gasteiger partial charge in [-0.05, 0) is 30.2 Å². The van der Waals surface area contributed by atoms with E-state index in [4.69, 9.17) is 11.2 Å². The quantitative estimate of drug-likeness (QED) is 0.863. The SMILES string of the molecule is C#CCOc1ccc(C=C(C)C2=NNC(=O)CC2C)cc1. The molecule has 0 spiro atoms. The third-order valence-corrected chi connectivity index (χ3v) is 3.25. The fraction of sp³-hybridized carbons (Fsp3) is 0.294. The number of hydrogen-bond donors (Lipinski definition) is 1. The van der Waals surface area contributed by atoms with Gasteiger partial charge in [-0.2, -0.15) is 5.10 Å². The van der Waals surface area contributed by atoms with Crippen molar-refractivity contribution in [1.82, 2.24) is 5.43 Å². The molecule has 0 aromatic heterocycles. The van der Waals surface area contributed by atoms with E-state index in [0.717, 1.165) is 22.6 Å². The highest BCUT2D eigenvalue weighted by Crippen LogP contribution is 2.19. The summed E-state index contributed by atoms with van der Waals surface area (Å²) in [5, 5.41) is 4.15. The predicted molar refractivity (Wildman–Crippen MR) is 83.8 cm³/mol. The van der Waals surface area contributed by atoms with Gasteiger partial charge in [-0.15, -0.1) is 6.42 Å². The van der Waals surface area contributed by atoms with Crippen LogP contribution in [-0.4, -0.2) is 18.2 Å². The maximum atomic E-state index is 11.3. The number of amides is 1. The van der Waals surface area contributed by atoms with Crippen LogP contribution in [0.25, 0.3) is 6.08 Å². The van der Waals surface area contributed by atoms with Gasteiger partial charge in [0.25, 0.3) is 0 Å². The highest BCUT2D eigenvalue weighted by Gasteiger charge is 2.21. The highest BCUT2D eigenvalue weighted by molar-refractivity contribution is 6.07. The lowest BCUT2D eigenvalue weighted by Gasteiger charge is -2.19. The number of ether oxygens (including phenoxy) is 1. The molecular formula is C17H18N2O2. The van der Waals surface area contributed by atoms with Crippen LogP contribution in [0.5, 0.6) is 5.75 Å². The summed E-state index contributed by atoms with van der Waals surface area (Å²) in [5.74, 6) is 3.28. The van der Waals surface area contributed by atoms with E-state index in [9.17, 15) is 4.79 Å². The average molecular weight is 282 g/mol. The zero-order valence-electron chi connectivity index (χ0n) is 12.2. The number of hydrogen-bond acceptors (Lipinski definition) is 3. The number of nitrogens with one attached hydrogen (secondary N) is 1. The molecule has 1 aliphatic rings. The van der Waals surface area contributed by atoms with E-state index in [2.05, 4.69) is 16.4 Å². The smallest absolute Gasteiger partial charge is 0.240 e. The van der Waals surface area contributed by atoms with E-state index in [0.29, 0.717) is 6.42 Å². The fourth-order valence-electron chi connectivity index (χ4n) is 2.24. The molecule has 2 rings (SSSR count). The van der Waals surface area contributed by atoms with Crippen molar-refractivity contribution in [1.29, 1.82) is 0 Å². The number of benzene rings is 1. The Morgan fingerprint density at radius 1 is 1.52 bits per heavy atom. The first-order chi connectivity index (χ1) is 10.1. The van der Waals surface area contributed by atoms with Crippen LogP contribution in [0.1, 0.15) is 25.8 Å². The van der Waals surface area contributed by atoms with Gasteiger partial charge in [0.05, 0.1) is 5.71 Å². The van der Waals surface area contributed by atoms with Gasteiger partial charge < -0.3 is 4.74 Å². The molecular weight excluding hydrogens is 264 g/mol. The summed E-state index contributed by atoms with van der Waals surface area (Å²) in [7, 11) is 0. The lowest BCUT2D eigenvalue weighted by molar-refractivity contribution is -0.121. The fourth-order valence-corrected chi connectivity index (χ4v) is 2.24. The lowest BCUT2D eigenvalue weighted by atomic mass is 9.93. The van der Waals surface area contributed by atoms with Gasteiger partial charge in [-0.25, -0.2) is 5.43 Å². The van der Waals surface area contributed by atoms with Crippen molar-refractivity contribution in [2.24, 2.45) is 11.0 Å². The minimum absolute atomic E-state index is 0.0333. The van der Waals surface area contributed by atoms with E-state index in [1.54, 1.807) is 0 Å². The van der Waals surface area contributed by atoms with Crippen molar-refractivity contribution >= 4 is 17.7 Å². The molecule has 0 fully saturated rings. The summed E-state index contributed by atoms with van der Waals surface area (Å²) < 4.78 is 5.33. The van der Waals surface area contributed by atoms with Gasteiger partial charge in [0.2, 0.25) is 5.91 Å². The van der Waals surface area contributed by atoms with Crippen LogP contribution < -0.4 is 10.2 Å². The molecule has 0 saturated heterocycles. The molecule has 1 amide bonds. The topological polar surface area (TPSA) is 50.7 Å². The maximum Gasteiger partial charge on any atom is 0.240 e. The molecule has 1 unspecified atom stereocenters. The first-order valence-electron chi connectivity index (χ1n) is 6.81. The Morgan fingerprint density at radius 3 is 2.86 bits per heavy atom. The van der Waals surface area contributed by atoms with Gasteiger partial charge >= 0.3 is 0 Å². The number of carbonyl (C=O) groups is 1. The second-order valence-corrected chi connectivity index (χ2v) is 5.03. The molecule has 4 heteroatoms. The minimum Gasteiger partial charge on any atom is -0.481 e. The molecule has 0 aliphatic carbocycles. The van der Waals surface area contributed by atoms with E-state index in [1.807, 2.05) is 44.2 Å². The van der Waals surface area contributed by atoms with E-state index < -0.39 is 0 Å². The molecule has 1 aliphatic heterocycles. The van der Waals surface area contributed by atoms with Crippen molar-refractivity contribution in [3.63, 3.8) is 0 Å². The Balaban J connectivity index is 2.12. The monoisotopic (exact) mass is 282 g/mol. The van der Waals surface area contributed by atoms with Gasteiger partial charge in [0.1, 0.15) is 12.4 Å². The van der Waals surface area contributed by atoms with Crippen molar-refractivity contribution in [3.8, 4) is 18.1 Å². The predicted octanol–water partition coefficient (Wildman–Crippen LogP) is 2.61. The number of nitrogens with zero attached hydrogens (tertiary/aromatic N) is 1. The molecule has 21 heavy (non-hydrogen) atoms. The van der Waals surface area contributed by atoms with Crippen LogP contribution in [0.15, 0.2) is 34.9 Å². The third kappa shape index (κ3) is 3.96. The molecule has 0 saturated carbocycles. The van der Waals surface area contributed by atoms with Gasteiger partial charge in [-0.1, -0.05) is 31.1 Å². The van der Waals surface area contributed by atoms with E-state index >= 15 is 0 Å². The Bertz CT molecular complexity index is 621. The Labute approximate surface area is 124 Å². The molecule has 1 aromatic carbocycles. The van der Waals surface area contributed by atoms with Gasteiger partial charge in [0, 0.05) is 12.3 Å². The molecule has 1 heterocycles. The van der Waals surface area contributed by atoms with Crippen LogP contribution in [0.4, 0.5) is 0 Å². The van der Waals surface area contributed by atoms with Gasteiger partial charge in [0.15, 0.2) is 0 Å². The molecule has 1 atom stereocenters. The summed E-state index contributed by atoms with van der Waals surface area (Å²) in [4.78, 5) is 11.3. The van der Waals surface area contributed by atoms with Crippen molar-refractivity contribution in [3.05, 3.63) is 35.4 Å². The number of rotatable bonds is 4. The summed E-state index contributed by atoms with van der Waals surface area (Å²) in [6.45, 7) is 4.27. The Kier molecular flexibility index (Phi) is 4.78. The second kappa shape index (κ2) is 6.76. The van der Waals surface area contributed by atoms with Crippen molar-refractivity contribution < 1.29 is 9.53 Å². The first kappa shape index (κ1) is 14.9. The second-order valence-electron chi connectivity index (χ2n) is 5.03. The number of allylic oxidation sites excluding steroid dienone is 1. The molecule has 1 aromatic rings. The number of hydrazone groups is 1. The zero-order valence-corrected chi connectivity index (χ0v) is 12.2. The molecule has 4 nitrogen and oxygen atoms in total. The first-order valence-corrected chi connectivity index (χ1v) is 6.81. The van der Waals surface area contributed by atoms with Crippen LogP contribution >= 0.6 is 0 Å². The molecule has 0 bridgehead atoms. The highest BCUT2D eigenvalue weighted by atomic mass is 16.5. The van der Waals surface area contributed by atoms with Crippen LogP contribution in [0.3, 0.4) is 0 Å². The number of carbonyl (C=O) groups excluding carboxylic acids is 1. The zero-order chi connectivity index (χ0) is 15.2. The maximum absolute atomic E-state index is 11.3. The third-order valence-electron chi connectivity index (χ3n) is 3.25. The Hall–Kier alpha value is -2.54. The standard InChI is InChI=1S/C17H18N2O2/c1-4-9-21-15-7-5-14(6-8-15)10-12(2)17-13(3)11-16(20)18-19-17/h1,5-8,10,13H,9,11H2,2-3H3,(H,18,20). The minimum atomic E-state index is -0.0333. The normalized spacial score (nSPS) is 18.5. The van der Waals surface area contributed by atoms with Crippen LogP contribution in [-0.2, 0) is 4.79 Å². The molecule has 108 valence electrons. The number of terminal acetylenes is 1. The van der Waals surface area contributed by atoms with Crippen LogP contribution in [0, 0.1) is 18.3 Å². The van der Waals surface area contributed by atoms with E-state index in [1.165, 1.54) is 0 Å². The Morgan fingerprint density at radius 2 is 2.24 bits per heavy atom. The lowest BCUT2D eigenvalue weighted by Crippen LogP contribution is -2.31. The molecule has 0 radical (unpaired) electrons. The average Bonchev–Trinajstić information content (AvgIpc) is 2.46.